The molecule has 1 aliphatic rings. The lowest BCUT2D eigenvalue weighted by Gasteiger charge is -2.37. The number of methoxy groups -OCH3 is 2. The Morgan fingerprint density at radius 3 is 2.45 bits per heavy atom. The van der Waals surface area contributed by atoms with Crippen molar-refractivity contribution in [2.75, 3.05) is 45.8 Å². The summed E-state index contributed by atoms with van der Waals surface area (Å²) in [5.74, 6) is 2.06. The van der Waals surface area contributed by atoms with E-state index < -0.39 is 0 Å². The minimum absolute atomic E-state index is 0. The molecule has 31 heavy (non-hydrogen) atoms. The summed E-state index contributed by atoms with van der Waals surface area (Å²) in [7, 11) is 3.25. The average molecular weight is 560 g/mol. The summed E-state index contributed by atoms with van der Waals surface area (Å²) < 4.78 is 16.4. The highest BCUT2D eigenvalue weighted by atomic mass is 127. The molecular weight excluding hydrogens is 529 g/mol. The molecule has 1 saturated heterocycles. The van der Waals surface area contributed by atoms with Crippen molar-refractivity contribution in [3.8, 4) is 11.5 Å². The lowest BCUT2D eigenvalue weighted by atomic mass is 9.74. The number of hydrogen-bond acceptors (Lipinski definition) is 4. The van der Waals surface area contributed by atoms with Gasteiger partial charge in [0.05, 0.1) is 20.8 Å². The Morgan fingerprint density at radius 1 is 1.10 bits per heavy atom. The number of rotatable bonds is 7. The van der Waals surface area contributed by atoms with Crippen LogP contribution in [0.2, 0.25) is 5.02 Å². The Kier molecular flexibility index (Phi) is 10.2. The first-order chi connectivity index (χ1) is 14.6. The zero-order valence-electron chi connectivity index (χ0n) is 18.2. The van der Waals surface area contributed by atoms with Gasteiger partial charge in [-0.15, -0.1) is 24.0 Å². The molecule has 0 amide bonds. The highest BCUT2D eigenvalue weighted by Crippen LogP contribution is 2.39. The quantitative estimate of drug-likeness (QED) is 0.281. The first-order valence-corrected chi connectivity index (χ1v) is 10.6. The summed E-state index contributed by atoms with van der Waals surface area (Å²) in [5, 5.41) is 7.48. The fourth-order valence-corrected chi connectivity index (χ4v) is 4.09. The van der Waals surface area contributed by atoms with Gasteiger partial charge in [0.25, 0.3) is 0 Å². The zero-order chi connectivity index (χ0) is 21.4. The highest BCUT2D eigenvalue weighted by Gasteiger charge is 2.36. The summed E-state index contributed by atoms with van der Waals surface area (Å²) in [5.41, 5.74) is 1.86. The summed E-state index contributed by atoms with van der Waals surface area (Å²) in [6.45, 7) is 4.83. The molecule has 3 rings (SSSR count). The number of guanidine groups is 1. The third-order valence-corrected chi connectivity index (χ3v) is 5.76. The minimum atomic E-state index is -0.142. The SMILES string of the molecule is CCNC(=NCC1(c2ccccc2Cl)CCOCC1)Nc1ccc(OC)c(OC)c1.I. The molecule has 1 heterocycles. The molecule has 0 spiro atoms. The van der Waals surface area contributed by atoms with Gasteiger partial charge in [-0.1, -0.05) is 29.8 Å². The number of benzene rings is 2. The number of anilines is 1. The Hall–Kier alpha value is -1.71. The van der Waals surface area contributed by atoms with Gasteiger partial charge in [0.1, 0.15) is 0 Å². The number of halogens is 2. The van der Waals surface area contributed by atoms with E-state index in [0.717, 1.165) is 35.7 Å². The smallest absolute Gasteiger partial charge is 0.195 e. The molecule has 0 unspecified atom stereocenters. The highest BCUT2D eigenvalue weighted by molar-refractivity contribution is 14.0. The Morgan fingerprint density at radius 2 is 1.81 bits per heavy atom. The molecule has 0 atom stereocenters. The molecule has 2 N–H and O–H groups in total. The summed E-state index contributed by atoms with van der Waals surface area (Å²) in [6, 6.07) is 13.8. The van der Waals surface area contributed by atoms with Gasteiger partial charge in [-0.3, -0.25) is 4.99 Å². The topological polar surface area (TPSA) is 64.1 Å². The van der Waals surface area contributed by atoms with Crippen molar-refractivity contribution in [1.82, 2.24) is 5.32 Å². The molecule has 0 saturated carbocycles. The number of hydrogen-bond donors (Lipinski definition) is 2. The fraction of sp³-hybridized carbons (Fsp3) is 0.435. The van der Waals surface area contributed by atoms with Gasteiger partial charge in [0.15, 0.2) is 17.5 Å². The Balaban J connectivity index is 0.00000341. The van der Waals surface area contributed by atoms with Crippen LogP contribution in [0.15, 0.2) is 47.5 Å². The second kappa shape index (κ2) is 12.4. The van der Waals surface area contributed by atoms with Crippen LogP contribution in [-0.2, 0) is 10.2 Å². The molecular formula is C23H31ClIN3O3. The maximum absolute atomic E-state index is 6.57. The van der Waals surface area contributed by atoms with Crippen LogP contribution in [0.3, 0.4) is 0 Å². The van der Waals surface area contributed by atoms with Gasteiger partial charge >= 0.3 is 0 Å². The zero-order valence-corrected chi connectivity index (χ0v) is 21.3. The molecule has 8 heteroatoms. The third kappa shape index (κ3) is 6.40. The molecule has 2 aromatic rings. The molecule has 0 bridgehead atoms. The van der Waals surface area contributed by atoms with E-state index in [1.165, 1.54) is 0 Å². The Labute approximate surface area is 206 Å². The van der Waals surface area contributed by atoms with Crippen molar-refractivity contribution in [2.24, 2.45) is 4.99 Å². The average Bonchev–Trinajstić information content (AvgIpc) is 2.78. The second-order valence-electron chi connectivity index (χ2n) is 7.26. The summed E-state index contributed by atoms with van der Waals surface area (Å²) in [6.07, 6.45) is 1.77. The molecule has 0 radical (unpaired) electrons. The van der Waals surface area contributed by atoms with Gasteiger partial charge in [0.2, 0.25) is 0 Å². The van der Waals surface area contributed by atoms with Crippen molar-refractivity contribution < 1.29 is 14.2 Å². The molecule has 0 aliphatic carbocycles. The van der Waals surface area contributed by atoms with Crippen LogP contribution in [0, 0.1) is 0 Å². The van der Waals surface area contributed by atoms with Gasteiger partial charge < -0.3 is 24.8 Å². The predicted octanol–water partition coefficient (Wildman–Crippen LogP) is 5.10. The van der Waals surface area contributed by atoms with Crippen LogP contribution in [-0.4, -0.2) is 46.5 Å². The van der Waals surface area contributed by atoms with E-state index >= 15 is 0 Å². The van der Waals surface area contributed by atoms with Crippen molar-refractivity contribution in [1.29, 1.82) is 0 Å². The largest absolute Gasteiger partial charge is 0.493 e. The Bertz CT molecular complexity index is 873. The first-order valence-electron chi connectivity index (χ1n) is 10.2. The molecule has 170 valence electrons. The van der Waals surface area contributed by atoms with Crippen molar-refractivity contribution in [2.45, 2.75) is 25.2 Å². The lowest BCUT2D eigenvalue weighted by Crippen LogP contribution is -2.39. The number of nitrogens with one attached hydrogen (secondary N) is 2. The van der Waals surface area contributed by atoms with Crippen LogP contribution in [0.5, 0.6) is 11.5 Å². The van der Waals surface area contributed by atoms with E-state index in [2.05, 4.69) is 16.7 Å². The molecule has 1 aliphatic heterocycles. The standard InChI is InChI=1S/C23H30ClN3O3.HI/c1-4-25-22(27-17-9-10-20(28-2)21(15-17)29-3)26-16-23(11-13-30-14-12-23)18-7-5-6-8-19(18)24;/h5-10,15H,4,11-14,16H2,1-3H3,(H2,25,26,27);1H. The summed E-state index contributed by atoms with van der Waals surface area (Å²) >= 11 is 6.57. The molecule has 1 fully saturated rings. The number of ether oxygens (including phenoxy) is 3. The predicted molar refractivity (Wildman–Crippen MR) is 138 cm³/mol. The number of aliphatic imine (C=N–C) groups is 1. The van der Waals surface area contributed by atoms with E-state index in [1.54, 1.807) is 14.2 Å². The van der Waals surface area contributed by atoms with Crippen LogP contribution < -0.4 is 20.1 Å². The van der Waals surface area contributed by atoms with E-state index in [4.69, 9.17) is 30.8 Å². The molecule has 6 nitrogen and oxygen atoms in total. The van der Waals surface area contributed by atoms with Gasteiger partial charge in [-0.2, -0.15) is 0 Å². The number of nitrogens with zero attached hydrogens (tertiary/aromatic N) is 1. The van der Waals surface area contributed by atoms with Gasteiger partial charge in [-0.05, 0) is 43.5 Å². The normalized spacial score (nSPS) is 15.5. The van der Waals surface area contributed by atoms with Crippen molar-refractivity contribution >= 4 is 47.2 Å². The van der Waals surface area contributed by atoms with E-state index in [-0.39, 0.29) is 29.4 Å². The van der Waals surface area contributed by atoms with E-state index in [0.29, 0.717) is 37.2 Å². The lowest BCUT2D eigenvalue weighted by molar-refractivity contribution is 0.0531. The first kappa shape index (κ1) is 25.5. The van der Waals surface area contributed by atoms with E-state index in [9.17, 15) is 0 Å². The van der Waals surface area contributed by atoms with Crippen molar-refractivity contribution in [3.63, 3.8) is 0 Å². The third-order valence-electron chi connectivity index (χ3n) is 5.43. The summed E-state index contributed by atoms with van der Waals surface area (Å²) in [4.78, 5) is 4.93. The minimum Gasteiger partial charge on any atom is -0.493 e. The van der Waals surface area contributed by atoms with Crippen LogP contribution in [0.1, 0.15) is 25.3 Å². The maximum Gasteiger partial charge on any atom is 0.195 e. The fourth-order valence-electron chi connectivity index (χ4n) is 3.75. The maximum atomic E-state index is 6.57. The van der Waals surface area contributed by atoms with E-state index in [1.807, 2.05) is 43.3 Å². The van der Waals surface area contributed by atoms with Crippen molar-refractivity contribution in [3.05, 3.63) is 53.1 Å². The van der Waals surface area contributed by atoms with Gasteiger partial charge in [-0.25, -0.2) is 0 Å². The molecule has 2 aromatic carbocycles. The second-order valence-corrected chi connectivity index (χ2v) is 7.67. The molecule has 0 aromatic heterocycles. The van der Waals surface area contributed by atoms with Crippen LogP contribution >= 0.6 is 35.6 Å². The van der Waals surface area contributed by atoms with Crippen LogP contribution in [0.25, 0.3) is 0 Å². The monoisotopic (exact) mass is 559 g/mol. The van der Waals surface area contributed by atoms with Crippen LogP contribution in [0.4, 0.5) is 5.69 Å². The van der Waals surface area contributed by atoms with Gasteiger partial charge in [0, 0.05) is 41.9 Å².